The van der Waals surface area contributed by atoms with Crippen molar-refractivity contribution in [3.8, 4) is 11.4 Å². The summed E-state index contributed by atoms with van der Waals surface area (Å²) < 4.78 is 14.6. The molecule has 9 nitrogen and oxygen atoms in total. The maximum absolute atomic E-state index is 13.2. The number of aromatic nitrogens is 6. The molecular formula is C24H24N6O3S. The molecule has 0 aliphatic rings. The number of ether oxygens (including phenoxy) is 1. The predicted octanol–water partition coefficient (Wildman–Crippen LogP) is 4.37. The summed E-state index contributed by atoms with van der Waals surface area (Å²) >= 11 is 1.46. The van der Waals surface area contributed by atoms with Crippen molar-refractivity contribution in [2.75, 3.05) is 13.2 Å². The minimum absolute atomic E-state index is 0.0824. The molecule has 3 heterocycles. The zero-order valence-corrected chi connectivity index (χ0v) is 19.7. The minimum Gasteiger partial charge on any atom is -0.382 e. The Hall–Kier alpha value is -3.50. The first-order valence-corrected chi connectivity index (χ1v) is 12.1. The van der Waals surface area contributed by atoms with Crippen molar-refractivity contribution in [3.05, 3.63) is 70.8 Å². The van der Waals surface area contributed by atoms with Crippen LogP contribution in [0.15, 0.2) is 69.1 Å². The summed E-state index contributed by atoms with van der Waals surface area (Å²) in [5.74, 6) is 1.54. The molecule has 3 aromatic heterocycles. The van der Waals surface area contributed by atoms with Crippen LogP contribution in [0.5, 0.6) is 0 Å². The highest BCUT2D eigenvalue weighted by atomic mass is 32.2. The maximum atomic E-state index is 13.2. The number of hydrogen-bond donors (Lipinski definition) is 0. The Morgan fingerprint density at radius 3 is 2.71 bits per heavy atom. The van der Waals surface area contributed by atoms with Crippen LogP contribution in [0, 0.1) is 0 Å². The minimum atomic E-state index is -0.172. The van der Waals surface area contributed by atoms with Gasteiger partial charge in [-0.2, -0.15) is 4.98 Å². The van der Waals surface area contributed by atoms with Crippen LogP contribution in [-0.4, -0.2) is 42.5 Å². The van der Waals surface area contributed by atoms with Gasteiger partial charge in [0.2, 0.25) is 17.5 Å². The summed E-state index contributed by atoms with van der Waals surface area (Å²) in [6, 6.07) is 17.2. The largest absolute Gasteiger partial charge is 0.382 e. The van der Waals surface area contributed by atoms with Crippen molar-refractivity contribution in [2.45, 2.75) is 37.2 Å². The number of rotatable bonds is 9. The van der Waals surface area contributed by atoms with Crippen LogP contribution < -0.4 is 5.56 Å². The summed E-state index contributed by atoms with van der Waals surface area (Å²) in [6.45, 7) is 5.66. The quantitative estimate of drug-likeness (QED) is 0.228. The number of thioether (sulfide) groups is 1. The molecule has 0 radical (unpaired) electrons. The van der Waals surface area contributed by atoms with Crippen LogP contribution >= 0.6 is 11.8 Å². The number of aryl methyl sites for hydroxylation is 1. The second-order valence-corrected chi connectivity index (χ2v) is 9.03. The molecule has 34 heavy (non-hydrogen) atoms. The van der Waals surface area contributed by atoms with E-state index in [0.29, 0.717) is 54.2 Å². The normalized spacial score (nSPS) is 12.5. The van der Waals surface area contributed by atoms with E-state index in [4.69, 9.17) is 9.26 Å². The van der Waals surface area contributed by atoms with Gasteiger partial charge in [-0.05, 0) is 32.4 Å². The lowest BCUT2D eigenvalue weighted by atomic mass is 10.2. The second kappa shape index (κ2) is 9.78. The van der Waals surface area contributed by atoms with Gasteiger partial charge in [-0.3, -0.25) is 13.8 Å². The first-order valence-electron chi connectivity index (χ1n) is 11.2. The van der Waals surface area contributed by atoms with Crippen molar-refractivity contribution >= 4 is 28.4 Å². The van der Waals surface area contributed by atoms with Gasteiger partial charge in [-0.1, -0.05) is 59.4 Å². The molecule has 0 aliphatic carbocycles. The van der Waals surface area contributed by atoms with E-state index in [2.05, 4.69) is 20.3 Å². The third kappa shape index (κ3) is 4.22. The monoisotopic (exact) mass is 476 g/mol. The molecule has 1 atom stereocenters. The summed E-state index contributed by atoms with van der Waals surface area (Å²) in [4.78, 5) is 17.8. The van der Waals surface area contributed by atoms with Crippen molar-refractivity contribution in [2.24, 2.45) is 0 Å². The third-order valence-corrected chi connectivity index (χ3v) is 6.49. The van der Waals surface area contributed by atoms with Gasteiger partial charge in [0.15, 0.2) is 5.16 Å². The first-order chi connectivity index (χ1) is 16.7. The Morgan fingerprint density at radius 2 is 1.88 bits per heavy atom. The number of hydrogen-bond acceptors (Lipinski definition) is 8. The van der Waals surface area contributed by atoms with Gasteiger partial charge in [-0.15, -0.1) is 10.2 Å². The van der Waals surface area contributed by atoms with Gasteiger partial charge < -0.3 is 9.26 Å². The molecular weight excluding hydrogens is 452 g/mol. The lowest BCUT2D eigenvalue weighted by Gasteiger charge is -2.12. The van der Waals surface area contributed by atoms with E-state index in [-0.39, 0.29) is 10.8 Å². The molecule has 1 unspecified atom stereocenters. The Labute approximate surface area is 199 Å². The summed E-state index contributed by atoms with van der Waals surface area (Å²) in [7, 11) is 0. The van der Waals surface area contributed by atoms with Crippen molar-refractivity contribution in [3.63, 3.8) is 0 Å². The highest BCUT2D eigenvalue weighted by Gasteiger charge is 2.22. The molecule has 0 fully saturated rings. The van der Waals surface area contributed by atoms with Crippen molar-refractivity contribution < 1.29 is 9.26 Å². The standard InChI is InChI=1S/C24H24N6O3S/c1-3-32-15-9-14-29-22(31)18-12-7-8-13-19(18)30-23(29)26-27-24(30)34-16(2)21-25-20(28-33-21)17-10-5-4-6-11-17/h4-8,10-13,16H,3,9,14-15H2,1-2H3. The predicted molar refractivity (Wildman–Crippen MR) is 130 cm³/mol. The van der Waals surface area contributed by atoms with E-state index in [0.717, 1.165) is 11.1 Å². The van der Waals surface area contributed by atoms with E-state index in [1.807, 2.05) is 72.8 Å². The van der Waals surface area contributed by atoms with E-state index in [9.17, 15) is 4.79 Å². The smallest absolute Gasteiger partial charge is 0.262 e. The molecule has 174 valence electrons. The van der Waals surface area contributed by atoms with Crippen LogP contribution in [0.1, 0.15) is 31.4 Å². The number of fused-ring (bicyclic) bond motifs is 3. The van der Waals surface area contributed by atoms with Gasteiger partial charge in [0.05, 0.1) is 16.2 Å². The molecule has 0 aliphatic heterocycles. The number of nitrogens with zero attached hydrogens (tertiary/aromatic N) is 6. The Morgan fingerprint density at radius 1 is 1.09 bits per heavy atom. The first kappa shape index (κ1) is 22.3. The molecule has 2 aromatic carbocycles. The number of benzene rings is 2. The highest BCUT2D eigenvalue weighted by molar-refractivity contribution is 7.99. The summed E-state index contributed by atoms with van der Waals surface area (Å²) in [5.41, 5.74) is 1.57. The molecule has 0 amide bonds. The van der Waals surface area contributed by atoms with Crippen molar-refractivity contribution in [1.82, 2.24) is 29.3 Å². The Kier molecular flexibility index (Phi) is 6.41. The molecule has 0 bridgehead atoms. The molecule has 10 heteroatoms. The van der Waals surface area contributed by atoms with E-state index in [1.54, 1.807) is 4.57 Å². The molecule has 5 rings (SSSR count). The highest BCUT2D eigenvalue weighted by Crippen LogP contribution is 2.34. The molecule has 0 spiro atoms. The lowest BCUT2D eigenvalue weighted by molar-refractivity contribution is 0.141. The third-order valence-electron chi connectivity index (χ3n) is 5.46. The van der Waals surface area contributed by atoms with Crippen LogP contribution in [-0.2, 0) is 11.3 Å². The SMILES string of the molecule is CCOCCCn1c(=O)c2ccccc2n2c(SC(C)c3nc(-c4ccccc4)no3)nnc12. The molecule has 5 aromatic rings. The Balaban J connectivity index is 1.50. The van der Waals surface area contributed by atoms with E-state index >= 15 is 0 Å². The zero-order valence-electron chi connectivity index (χ0n) is 18.9. The molecule has 0 N–H and O–H groups in total. The van der Waals surface area contributed by atoms with E-state index in [1.165, 1.54) is 11.8 Å². The fourth-order valence-corrected chi connectivity index (χ4v) is 4.68. The van der Waals surface area contributed by atoms with Crippen LogP contribution in [0.4, 0.5) is 0 Å². The lowest BCUT2D eigenvalue weighted by Crippen LogP contribution is -2.24. The van der Waals surface area contributed by atoms with Gasteiger partial charge in [-0.25, -0.2) is 0 Å². The van der Waals surface area contributed by atoms with Crippen LogP contribution in [0.25, 0.3) is 28.1 Å². The fourth-order valence-electron chi connectivity index (χ4n) is 3.79. The van der Waals surface area contributed by atoms with Crippen LogP contribution in [0.3, 0.4) is 0 Å². The topological polar surface area (TPSA) is 100 Å². The summed E-state index contributed by atoms with van der Waals surface area (Å²) in [5, 5.41) is 14.0. The molecule has 0 saturated carbocycles. The van der Waals surface area contributed by atoms with Gasteiger partial charge in [0.25, 0.3) is 5.56 Å². The van der Waals surface area contributed by atoms with Gasteiger partial charge >= 0.3 is 0 Å². The van der Waals surface area contributed by atoms with Crippen LogP contribution in [0.2, 0.25) is 0 Å². The number of para-hydroxylation sites is 1. The maximum Gasteiger partial charge on any atom is 0.262 e. The zero-order chi connectivity index (χ0) is 23.5. The molecule has 0 saturated heterocycles. The average molecular weight is 477 g/mol. The second-order valence-electron chi connectivity index (χ2n) is 7.72. The van der Waals surface area contributed by atoms with Crippen molar-refractivity contribution in [1.29, 1.82) is 0 Å². The Bertz CT molecular complexity index is 1480. The fraction of sp³-hybridized carbons (Fsp3) is 0.292. The van der Waals surface area contributed by atoms with E-state index < -0.39 is 0 Å². The van der Waals surface area contributed by atoms with Gasteiger partial charge in [0, 0.05) is 25.3 Å². The van der Waals surface area contributed by atoms with Gasteiger partial charge in [0.1, 0.15) is 0 Å². The summed E-state index contributed by atoms with van der Waals surface area (Å²) in [6.07, 6.45) is 0.706. The average Bonchev–Trinajstić information content (AvgIpc) is 3.52.